The molecule has 0 unspecified atom stereocenters. The number of nitrogens with one attached hydrogen (secondary N) is 2. The highest BCUT2D eigenvalue weighted by atomic mass is 16.7. The lowest BCUT2D eigenvalue weighted by Crippen LogP contribution is -2.13. The van der Waals surface area contributed by atoms with Crippen molar-refractivity contribution in [3.8, 4) is 0 Å². The van der Waals surface area contributed by atoms with Crippen LogP contribution in [0.2, 0.25) is 0 Å². The molecule has 0 saturated carbocycles. The van der Waals surface area contributed by atoms with E-state index in [2.05, 4.69) is 22.9 Å². The van der Waals surface area contributed by atoms with E-state index < -0.39 is 0 Å². The fraction of sp³-hybridized carbons (Fsp3) is 0.278. The minimum Gasteiger partial charge on any atom is -0.343 e. The Morgan fingerprint density at radius 3 is 2.59 bits per heavy atom. The summed E-state index contributed by atoms with van der Waals surface area (Å²) < 4.78 is 0. The first-order valence-electron chi connectivity index (χ1n) is 7.61. The molecule has 1 heterocycles. The molecular formula is C18H20N2O2. The van der Waals surface area contributed by atoms with Crippen LogP contribution in [0.15, 0.2) is 54.6 Å². The molecule has 2 aromatic carbocycles. The van der Waals surface area contributed by atoms with Crippen LogP contribution in [0, 0.1) is 0 Å². The molecule has 22 heavy (non-hydrogen) atoms. The van der Waals surface area contributed by atoms with E-state index in [1.54, 1.807) is 0 Å². The van der Waals surface area contributed by atoms with Crippen molar-refractivity contribution in [1.29, 1.82) is 0 Å². The molecule has 1 aliphatic heterocycles. The molecule has 114 valence electrons. The van der Waals surface area contributed by atoms with E-state index in [9.17, 15) is 4.79 Å². The summed E-state index contributed by atoms with van der Waals surface area (Å²) in [5, 5.41) is 3.36. The van der Waals surface area contributed by atoms with Crippen molar-refractivity contribution in [2.24, 2.45) is 0 Å². The largest absolute Gasteiger partial charge is 0.343 e. The van der Waals surface area contributed by atoms with Crippen LogP contribution in [0.3, 0.4) is 0 Å². The van der Waals surface area contributed by atoms with Gasteiger partial charge in [0.1, 0.15) is 0 Å². The molecule has 4 nitrogen and oxygen atoms in total. The lowest BCUT2D eigenvalue weighted by Gasteiger charge is -2.11. The zero-order valence-electron chi connectivity index (χ0n) is 12.4. The molecule has 2 N–H and O–H groups in total. The number of hydrogen-bond acceptors (Lipinski definition) is 4. The summed E-state index contributed by atoms with van der Waals surface area (Å²) in [5.74, 6) is 0.296. The van der Waals surface area contributed by atoms with Gasteiger partial charge in [-0.15, -0.1) is 0 Å². The number of carbonyl (C=O) groups excluding carboxylic acids is 1. The van der Waals surface area contributed by atoms with Crippen LogP contribution in [0.1, 0.15) is 23.5 Å². The van der Waals surface area contributed by atoms with Gasteiger partial charge in [-0.2, -0.15) is 0 Å². The summed E-state index contributed by atoms with van der Waals surface area (Å²) in [6, 6.07) is 17.6. The third kappa shape index (κ3) is 3.86. The Labute approximate surface area is 130 Å². The summed E-state index contributed by atoms with van der Waals surface area (Å²) in [5.41, 5.74) is 5.77. The molecule has 0 radical (unpaired) electrons. The first-order chi connectivity index (χ1) is 10.8. The van der Waals surface area contributed by atoms with Crippen molar-refractivity contribution in [3.63, 3.8) is 0 Å². The lowest BCUT2D eigenvalue weighted by molar-refractivity contribution is -0.139. The van der Waals surface area contributed by atoms with Gasteiger partial charge in [0.2, 0.25) is 0 Å². The summed E-state index contributed by atoms with van der Waals surface area (Å²) >= 11 is 0. The molecule has 0 aromatic heterocycles. The quantitative estimate of drug-likeness (QED) is 0.833. The lowest BCUT2D eigenvalue weighted by atomic mass is 9.98. The average molecular weight is 296 g/mol. The van der Waals surface area contributed by atoms with Gasteiger partial charge in [-0.3, -0.25) is 0 Å². The standard InChI is InChI=1S/C18H20N2O2/c21-18(12-14-4-2-1-3-5-14)22-20-17-8-6-15(7-9-17)16-10-11-19-13-16/h1-9,16,19-20H,10-13H2/t16-/m0/s1. The van der Waals surface area contributed by atoms with E-state index in [1.165, 1.54) is 12.0 Å². The van der Waals surface area contributed by atoms with Crippen molar-refractivity contribution in [1.82, 2.24) is 5.32 Å². The van der Waals surface area contributed by atoms with Crippen LogP contribution in [-0.4, -0.2) is 19.1 Å². The van der Waals surface area contributed by atoms with Crippen LogP contribution in [0.4, 0.5) is 5.69 Å². The molecule has 1 aliphatic rings. The van der Waals surface area contributed by atoms with Gasteiger partial charge >= 0.3 is 5.97 Å². The highest BCUT2D eigenvalue weighted by Gasteiger charge is 2.16. The second kappa shape index (κ2) is 7.09. The van der Waals surface area contributed by atoms with Crippen molar-refractivity contribution in [2.75, 3.05) is 18.6 Å². The van der Waals surface area contributed by atoms with Gasteiger partial charge in [0.15, 0.2) is 0 Å². The van der Waals surface area contributed by atoms with Gasteiger partial charge in [0, 0.05) is 6.54 Å². The topological polar surface area (TPSA) is 50.4 Å². The van der Waals surface area contributed by atoms with Crippen molar-refractivity contribution < 1.29 is 9.63 Å². The van der Waals surface area contributed by atoms with Crippen LogP contribution < -0.4 is 10.8 Å². The number of hydrogen-bond donors (Lipinski definition) is 2. The van der Waals surface area contributed by atoms with Gasteiger partial charge in [-0.05, 0) is 42.1 Å². The summed E-state index contributed by atoms with van der Waals surface area (Å²) in [4.78, 5) is 16.9. The first-order valence-corrected chi connectivity index (χ1v) is 7.61. The zero-order valence-corrected chi connectivity index (χ0v) is 12.4. The Bertz CT molecular complexity index is 605. The van der Waals surface area contributed by atoms with E-state index in [1.807, 2.05) is 42.5 Å². The Morgan fingerprint density at radius 2 is 1.91 bits per heavy atom. The number of anilines is 1. The second-order valence-electron chi connectivity index (χ2n) is 5.55. The predicted molar refractivity (Wildman–Crippen MR) is 86.5 cm³/mol. The Kier molecular flexibility index (Phi) is 4.71. The molecule has 2 aromatic rings. The molecule has 0 spiro atoms. The third-order valence-corrected chi connectivity index (χ3v) is 3.92. The van der Waals surface area contributed by atoms with Gasteiger partial charge in [-0.1, -0.05) is 42.5 Å². The maximum atomic E-state index is 11.8. The molecule has 0 aliphatic carbocycles. The molecule has 0 amide bonds. The van der Waals surface area contributed by atoms with E-state index in [4.69, 9.17) is 4.84 Å². The minimum absolute atomic E-state index is 0.264. The summed E-state index contributed by atoms with van der Waals surface area (Å²) in [7, 11) is 0. The molecule has 1 saturated heterocycles. The van der Waals surface area contributed by atoms with Gasteiger partial charge in [-0.25, -0.2) is 10.3 Å². The Morgan fingerprint density at radius 1 is 1.14 bits per heavy atom. The van der Waals surface area contributed by atoms with E-state index in [0.717, 1.165) is 24.3 Å². The monoisotopic (exact) mass is 296 g/mol. The van der Waals surface area contributed by atoms with Crippen LogP contribution in [-0.2, 0) is 16.1 Å². The average Bonchev–Trinajstić information content (AvgIpc) is 3.09. The zero-order chi connectivity index (χ0) is 15.2. The van der Waals surface area contributed by atoms with Crippen LogP contribution in [0.5, 0.6) is 0 Å². The fourth-order valence-corrected chi connectivity index (χ4v) is 2.68. The molecule has 1 atom stereocenters. The van der Waals surface area contributed by atoms with E-state index >= 15 is 0 Å². The molecule has 3 rings (SSSR count). The third-order valence-electron chi connectivity index (χ3n) is 3.92. The van der Waals surface area contributed by atoms with Gasteiger partial charge < -0.3 is 10.2 Å². The SMILES string of the molecule is O=C(Cc1ccccc1)ONc1ccc([C@H]2CCNC2)cc1. The number of benzene rings is 2. The Hall–Kier alpha value is -2.33. The normalized spacial score (nSPS) is 17.2. The number of carbonyl (C=O) groups is 1. The smallest absolute Gasteiger partial charge is 0.336 e. The summed E-state index contributed by atoms with van der Waals surface area (Å²) in [6.45, 7) is 2.13. The fourth-order valence-electron chi connectivity index (χ4n) is 2.68. The van der Waals surface area contributed by atoms with Crippen LogP contribution in [0.25, 0.3) is 0 Å². The van der Waals surface area contributed by atoms with Gasteiger partial charge in [0.25, 0.3) is 0 Å². The number of rotatable bonds is 5. The summed E-state index contributed by atoms with van der Waals surface area (Å²) in [6.07, 6.45) is 1.44. The van der Waals surface area contributed by atoms with E-state index in [0.29, 0.717) is 5.92 Å². The molecule has 0 bridgehead atoms. The highest BCUT2D eigenvalue weighted by molar-refractivity contribution is 5.73. The van der Waals surface area contributed by atoms with Gasteiger partial charge in [0.05, 0.1) is 12.1 Å². The highest BCUT2D eigenvalue weighted by Crippen LogP contribution is 2.23. The molecule has 4 heteroatoms. The van der Waals surface area contributed by atoms with E-state index in [-0.39, 0.29) is 12.4 Å². The second-order valence-corrected chi connectivity index (χ2v) is 5.55. The molecular weight excluding hydrogens is 276 g/mol. The minimum atomic E-state index is -0.296. The van der Waals surface area contributed by atoms with Crippen molar-refractivity contribution >= 4 is 11.7 Å². The maximum Gasteiger partial charge on any atom is 0.336 e. The predicted octanol–water partition coefficient (Wildman–Crippen LogP) is 2.88. The maximum absolute atomic E-state index is 11.8. The van der Waals surface area contributed by atoms with Crippen molar-refractivity contribution in [3.05, 3.63) is 65.7 Å². The van der Waals surface area contributed by atoms with Crippen LogP contribution >= 0.6 is 0 Å². The Balaban J connectivity index is 1.49. The first kappa shape index (κ1) is 14.6. The van der Waals surface area contributed by atoms with Crippen molar-refractivity contribution in [2.45, 2.75) is 18.8 Å². The molecule has 1 fully saturated rings.